The van der Waals surface area contributed by atoms with E-state index in [0.717, 1.165) is 31.5 Å². The van der Waals surface area contributed by atoms with Crippen LogP contribution in [-0.2, 0) is 20.1 Å². The van der Waals surface area contributed by atoms with Gasteiger partial charge in [0.2, 0.25) is 0 Å². The third-order valence-electron chi connectivity index (χ3n) is 14.0. The fraction of sp³-hybridized carbons (Fsp3) is 0.588. The molecule has 7 unspecified atom stereocenters. The predicted octanol–water partition coefficient (Wildman–Crippen LogP) is 14.4. The molecule has 4 nitrogen and oxygen atoms in total. The largest absolute Gasteiger partial charge is 0.661 e. The minimum atomic E-state index is 0. The molecule has 6 aliphatic rings. The Morgan fingerprint density at radius 3 is 1.38 bits per heavy atom. The molecule has 56 heavy (non-hydrogen) atoms. The molecule has 3 aliphatic carbocycles. The molecular formula is C51H68IrN4-6. The van der Waals surface area contributed by atoms with Crippen LogP contribution in [0.1, 0.15) is 140 Å². The molecule has 6 fully saturated rings. The molecule has 3 aromatic carbocycles. The number of hydrogen-bond donors (Lipinski definition) is 0. The van der Waals surface area contributed by atoms with Gasteiger partial charge in [-0.15, -0.1) is 19.6 Å². The van der Waals surface area contributed by atoms with Crippen molar-refractivity contribution in [2.75, 3.05) is 19.6 Å². The fourth-order valence-electron chi connectivity index (χ4n) is 10.9. The van der Waals surface area contributed by atoms with E-state index in [1.807, 2.05) is 0 Å². The van der Waals surface area contributed by atoms with Gasteiger partial charge in [-0.25, -0.2) is 0 Å². The maximum absolute atomic E-state index is 5.02. The first-order valence-corrected chi connectivity index (χ1v) is 22.9. The number of hydrogen-bond acceptors (Lipinski definition) is 0. The molecule has 307 valence electrons. The van der Waals surface area contributed by atoms with Crippen molar-refractivity contribution in [3.63, 3.8) is 0 Å². The zero-order valence-corrected chi connectivity index (χ0v) is 36.5. The zero-order chi connectivity index (χ0) is 37.1. The van der Waals surface area contributed by atoms with Crippen LogP contribution in [0.15, 0.2) is 72.8 Å². The van der Waals surface area contributed by atoms with E-state index in [0.29, 0.717) is 30.0 Å². The Labute approximate surface area is 353 Å². The Balaban J connectivity index is 0.000000157. The summed E-state index contributed by atoms with van der Waals surface area (Å²) >= 11 is 0. The van der Waals surface area contributed by atoms with Gasteiger partial charge in [0.1, 0.15) is 0 Å². The topological polar surface area (TPSA) is 47.2 Å². The molecule has 4 aromatic rings. The second kappa shape index (κ2) is 21.8. The van der Waals surface area contributed by atoms with Crippen LogP contribution < -0.4 is 0 Å². The van der Waals surface area contributed by atoms with Crippen LogP contribution >= 0.6 is 0 Å². The van der Waals surface area contributed by atoms with Gasteiger partial charge in [-0.2, -0.15) is 55.1 Å². The Bertz CT molecular complexity index is 1580. The van der Waals surface area contributed by atoms with Gasteiger partial charge in [-0.1, -0.05) is 158 Å². The van der Waals surface area contributed by atoms with E-state index in [-0.39, 0.29) is 20.1 Å². The molecule has 4 heterocycles. The first-order chi connectivity index (χ1) is 27.3. The second-order valence-electron chi connectivity index (χ2n) is 17.6. The number of nitrogens with zero attached hydrogens (tertiary/aromatic N) is 4. The van der Waals surface area contributed by atoms with E-state index in [1.165, 1.54) is 161 Å². The first kappa shape index (κ1) is 42.1. The van der Waals surface area contributed by atoms with E-state index in [9.17, 15) is 0 Å². The van der Waals surface area contributed by atoms with E-state index in [1.54, 1.807) is 0 Å². The van der Waals surface area contributed by atoms with Crippen molar-refractivity contribution in [2.45, 2.75) is 152 Å². The first-order valence-electron chi connectivity index (χ1n) is 22.9. The molecule has 0 spiro atoms. The van der Waals surface area contributed by atoms with Crippen molar-refractivity contribution in [1.82, 2.24) is 4.57 Å². The minimum Gasteiger partial charge on any atom is -0.661 e. The number of fused-ring (bicyclic) bond motifs is 3. The summed E-state index contributed by atoms with van der Waals surface area (Å²) in [5.41, 5.74) is 5.29. The van der Waals surface area contributed by atoms with Crippen molar-refractivity contribution in [3.05, 3.63) is 114 Å². The molecule has 3 saturated heterocycles. The summed E-state index contributed by atoms with van der Waals surface area (Å²) < 4.78 is 2.41. The van der Waals surface area contributed by atoms with Crippen LogP contribution in [0, 0.1) is 37.0 Å². The standard InChI is InChI=1S/C29H30N2.2C11H19N.Ir/c1-2-8-22(9-3-1)27-20-23(18-19-30-27)21-14-16-24(17-15-21)31-28-12-6-4-10-25(28)26-11-5-7-13-29(26)31;2*1-2-6-10(7-3-1)11-8-4-5-9-12-11;/h4-8,10-17,22-23,27H,1-3,9,18-20H2;2*6,10-11H,1-5,7-9H2;/q3*-2;. The number of piperidine rings is 3. The molecule has 1 aromatic heterocycles. The molecule has 0 amide bonds. The SMILES string of the molecule is [CH-]1CCCCC1C1CCCC[N-]1.[CH-]1CCCCC1C1CCCC[N-]1.[Ir].c1ccc2c(c1)c1ccccc1n2-c1ccc(C2CC[N-]C(C3[CH-]CCCC3)C2)cc1. The van der Waals surface area contributed by atoms with Crippen molar-refractivity contribution in [2.24, 2.45) is 17.8 Å². The van der Waals surface area contributed by atoms with Crippen LogP contribution in [0.2, 0.25) is 0 Å². The number of para-hydroxylation sites is 2. The second-order valence-corrected chi connectivity index (χ2v) is 17.6. The maximum Gasteiger partial charge on any atom is 0.0541 e. The molecule has 1 radical (unpaired) electrons. The molecule has 0 bridgehead atoms. The third-order valence-corrected chi connectivity index (χ3v) is 14.0. The summed E-state index contributed by atoms with van der Waals surface area (Å²) in [7, 11) is 0. The normalized spacial score (nSPS) is 29.9. The average molecular weight is 929 g/mol. The Hall–Kier alpha value is -2.01. The summed E-state index contributed by atoms with van der Waals surface area (Å²) in [4.78, 5) is 0. The summed E-state index contributed by atoms with van der Waals surface area (Å²) in [6.07, 6.45) is 34.9. The third kappa shape index (κ3) is 10.8. The zero-order valence-electron chi connectivity index (χ0n) is 34.1. The Kier molecular flexibility index (Phi) is 16.4. The van der Waals surface area contributed by atoms with Crippen molar-refractivity contribution in [1.29, 1.82) is 0 Å². The molecule has 7 atom stereocenters. The molecule has 3 aliphatic heterocycles. The van der Waals surface area contributed by atoms with Crippen LogP contribution in [0.3, 0.4) is 0 Å². The van der Waals surface area contributed by atoms with Gasteiger partial charge in [0, 0.05) is 36.6 Å². The van der Waals surface area contributed by atoms with E-state index >= 15 is 0 Å². The van der Waals surface area contributed by atoms with Crippen LogP contribution in [0.25, 0.3) is 43.4 Å². The van der Waals surface area contributed by atoms with Crippen molar-refractivity contribution < 1.29 is 20.1 Å². The fourth-order valence-corrected chi connectivity index (χ4v) is 10.9. The molecule has 10 rings (SSSR count). The van der Waals surface area contributed by atoms with E-state index in [4.69, 9.17) is 16.0 Å². The van der Waals surface area contributed by atoms with Crippen LogP contribution in [-0.4, -0.2) is 42.3 Å². The molecular weight excluding hydrogens is 861 g/mol. The minimum absolute atomic E-state index is 0. The maximum atomic E-state index is 5.02. The van der Waals surface area contributed by atoms with Crippen molar-refractivity contribution >= 4 is 21.8 Å². The van der Waals surface area contributed by atoms with Gasteiger partial charge in [0.05, 0.1) is 11.0 Å². The number of rotatable bonds is 5. The summed E-state index contributed by atoms with van der Waals surface area (Å²) in [6.45, 7) is 3.29. The van der Waals surface area contributed by atoms with Gasteiger partial charge in [-0.3, -0.25) is 0 Å². The van der Waals surface area contributed by atoms with Crippen molar-refractivity contribution in [3.8, 4) is 5.69 Å². The summed E-state index contributed by atoms with van der Waals surface area (Å²) in [6, 6.07) is 28.8. The predicted molar refractivity (Wildman–Crippen MR) is 235 cm³/mol. The summed E-state index contributed by atoms with van der Waals surface area (Å²) in [5, 5.41) is 17.1. The van der Waals surface area contributed by atoms with Gasteiger partial charge in [0.15, 0.2) is 0 Å². The van der Waals surface area contributed by atoms with Gasteiger partial charge in [0.25, 0.3) is 0 Å². The van der Waals surface area contributed by atoms with Gasteiger partial charge >= 0.3 is 0 Å². The van der Waals surface area contributed by atoms with Crippen LogP contribution in [0.4, 0.5) is 0 Å². The smallest absolute Gasteiger partial charge is 0.0541 e. The van der Waals surface area contributed by atoms with E-state index < -0.39 is 0 Å². The Morgan fingerprint density at radius 1 is 0.446 bits per heavy atom. The molecule has 3 saturated carbocycles. The average Bonchev–Trinajstić information content (AvgIpc) is 3.63. The molecule has 5 heteroatoms. The monoisotopic (exact) mass is 930 g/mol. The Morgan fingerprint density at radius 2 is 0.911 bits per heavy atom. The summed E-state index contributed by atoms with van der Waals surface area (Å²) in [5.74, 6) is 3.05. The quantitative estimate of drug-likeness (QED) is 0.179. The number of aromatic nitrogens is 1. The number of benzene rings is 3. The van der Waals surface area contributed by atoms with Crippen LogP contribution in [0.5, 0.6) is 0 Å². The van der Waals surface area contributed by atoms with Gasteiger partial charge < -0.3 is 39.8 Å². The van der Waals surface area contributed by atoms with E-state index in [2.05, 4.69) is 96.6 Å². The molecule has 0 N–H and O–H groups in total. The van der Waals surface area contributed by atoms with Gasteiger partial charge in [-0.05, 0) is 35.7 Å².